The van der Waals surface area contributed by atoms with Gasteiger partial charge in [0.25, 0.3) is 0 Å². The maximum Gasteiger partial charge on any atom is 0.142 e. The molecule has 1 aromatic heterocycles. The van der Waals surface area contributed by atoms with Crippen LogP contribution in [0, 0.1) is 11.6 Å². The van der Waals surface area contributed by atoms with E-state index in [4.69, 9.17) is 0 Å². The van der Waals surface area contributed by atoms with Crippen LogP contribution in [0.25, 0.3) is 11.1 Å². The molecule has 1 heterocycles. The molecule has 100 valence electrons. The van der Waals surface area contributed by atoms with Crippen molar-refractivity contribution < 1.29 is 8.78 Å². The fourth-order valence-corrected chi connectivity index (χ4v) is 1.86. The average Bonchev–Trinajstić information content (AvgIpc) is 2.36. The summed E-state index contributed by atoms with van der Waals surface area (Å²) >= 11 is 0. The Hall–Kier alpha value is -1.81. The molecule has 19 heavy (non-hydrogen) atoms. The first kappa shape index (κ1) is 13.6. The van der Waals surface area contributed by atoms with Gasteiger partial charge in [0.1, 0.15) is 11.6 Å². The molecule has 0 aliphatic rings. The molecule has 0 aliphatic carbocycles. The fourth-order valence-electron chi connectivity index (χ4n) is 1.86. The Morgan fingerprint density at radius 2 is 1.89 bits per heavy atom. The first-order valence-electron chi connectivity index (χ1n) is 6.19. The first-order valence-corrected chi connectivity index (χ1v) is 6.19. The molecule has 0 fully saturated rings. The van der Waals surface area contributed by atoms with E-state index in [-0.39, 0.29) is 5.82 Å². The predicted molar refractivity (Wildman–Crippen MR) is 71.6 cm³/mol. The van der Waals surface area contributed by atoms with E-state index in [1.54, 1.807) is 12.3 Å². The Balaban J connectivity index is 2.38. The zero-order valence-electron chi connectivity index (χ0n) is 11.0. The van der Waals surface area contributed by atoms with Gasteiger partial charge in [-0.2, -0.15) is 0 Å². The van der Waals surface area contributed by atoms with Crippen molar-refractivity contribution >= 4 is 0 Å². The molecule has 0 unspecified atom stereocenters. The molecule has 0 atom stereocenters. The predicted octanol–water partition coefficient (Wildman–Crippen LogP) is 3.52. The van der Waals surface area contributed by atoms with Crippen LogP contribution in [0.5, 0.6) is 0 Å². The minimum Gasteiger partial charge on any atom is -0.310 e. The second kappa shape index (κ2) is 5.89. The fraction of sp³-hybridized carbons (Fsp3) is 0.267. The number of hydrogen-bond donors (Lipinski definition) is 1. The number of nitrogens with one attached hydrogen (secondary N) is 1. The van der Waals surface area contributed by atoms with Crippen LogP contribution in [0.1, 0.15) is 19.4 Å². The van der Waals surface area contributed by atoms with E-state index < -0.39 is 5.82 Å². The quantitative estimate of drug-likeness (QED) is 0.911. The summed E-state index contributed by atoms with van der Waals surface area (Å²) in [5.74, 6) is -0.696. The molecule has 0 spiro atoms. The third-order valence-electron chi connectivity index (χ3n) is 2.78. The van der Waals surface area contributed by atoms with Crippen LogP contribution in [0.2, 0.25) is 0 Å². The molecule has 4 heteroatoms. The highest BCUT2D eigenvalue weighted by Gasteiger charge is 2.08. The standard InChI is InChI=1S/C15H16F2N2/c1-10(2)19-8-12-5-13(16)3-4-15(12)11-6-14(17)9-18-7-11/h3-7,9-10,19H,8H2,1-2H3. The summed E-state index contributed by atoms with van der Waals surface area (Å²) in [5, 5.41) is 3.23. The second-order valence-electron chi connectivity index (χ2n) is 4.73. The first-order chi connectivity index (χ1) is 9.06. The highest BCUT2D eigenvalue weighted by molar-refractivity contribution is 5.66. The maximum absolute atomic E-state index is 13.3. The van der Waals surface area contributed by atoms with Gasteiger partial charge in [0.15, 0.2) is 0 Å². The van der Waals surface area contributed by atoms with Gasteiger partial charge < -0.3 is 5.32 Å². The lowest BCUT2D eigenvalue weighted by Gasteiger charge is -2.13. The van der Waals surface area contributed by atoms with Gasteiger partial charge >= 0.3 is 0 Å². The Labute approximate surface area is 111 Å². The lowest BCUT2D eigenvalue weighted by molar-refractivity contribution is 0.582. The Morgan fingerprint density at radius 3 is 2.58 bits per heavy atom. The van der Waals surface area contributed by atoms with E-state index in [0.29, 0.717) is 18.2 Å². The van der Waals surface area contributed by atoms with Crippen molar-refractivity contribution in [1.82, 2.24) is 10.3 Å². The number of hydrogen-bond acceptors (Lipinski definition) is 2. The lowest BCUT2D eigenvalue weighted by atomic mass is 10.0. The van der Waals surface area contributed by atoms with E-state index in [1.165, 1.54) is 18.2 Å². The third-order valence-corrected chi connectivity index (χ3v) is 2.78. The van der Waals surface area contributed by atoms with Crippen LogP contribution < -0.4 is 5.32 Å². The molecule has 2 aromatic rings. The number of aromatic nitrogens is 1. The average molecular weight is 262 g/mol. The summed E-state index contributed by atoms with van der Waals surface area (Å²) in [5.41, 5.74) is 2.24. The zero-order valence-corrected chi connectivity index (χ0v) is 11.0. The maximum atomic E-state index is 13.3. The van der Waals surface area contributed by atoms with Gasteiger partial charge in [0, 0.05) is 24.3 Å². The van der Waals surface area contributed by atoms with Crippen molar-refractivity contribution in [2.45, 2.75) is 26.4 Å². The minimum absolute atomic E-state index is 0.293. The summed E-state index contributed by atoms with van der Waals surface area (Å²) < 4.78 is 26.6. The van der Waals surface area contributed by atoms with Gasteiger partial charge in [-0.25, -0.2) is 8.78 Å². The highest BCUT2D eigenvalue weighted by atomic mass is 19.1. The molecule has 0 radical (unpaired) electrons. The zero-order chi connectivity index (χ0) is 13.8. The van der Waals surface area contributed by atoms with E-state index in [1.807, 2.05) is 13.8 Å². The molecular weight excluding hydrogens is 246 g/mol. The van der Waals surface area contributed by atoms with Crippen LogP contribution in [0.15, 0.2) is 36.7 Å². The summed E-state index contributed by atoms with van der Waals surface area (Å²) in [6, 6.07) is 6.19. The van der Waals surface area contributed by atoms with Crippen molar-refractivity contribution in [2.24, 2.45) is 0 Å². The second-order valence-corrected chi connectivity index (χ2v) is 4.73. The monoisotopic (exact) mass is 262 g/mol. The third kappa shape index (κ3) is 3.58. The summed E-state index contributed by atoms with van der Waals surface area (Å²) in [6.45, 7) is 4.56. The van der Waals surface area contributed by atoms with Gasteiger partial charge in [-0.3, -0.25) is 4.98 Å². The minimum atomic E-state index is -0.399. The smallest absolute Gasteiger partial charge is 0.142 e. The molecule has 1 aromatic carbocycles. The number of nitrogens with zero attached hydrogens (tertiary/aromatic N) is 1. The van der Waals surface area contributed by atoms with Crippen LogP contribution in [-0.2, 0) is 6.54 Å². The van der Waals surface area contributed by atoms with E-state index >= 15 is 0 Å². The van der Waals surface area contributed by atoms with Gasteiger partial charge in [0.2, 0.25) is 0 Å². The van der Waals surface area contributed by atoms with Crippen LogP contribution in [0.3, 0.4) is 0 Å². The van der Waals surface area contributed by atoms with E-state index in [9.17, 15) is 8.78 Å². The van der Waals surface area contributed by atoms with Gasteiger partial charge in [-0.1, -0.05) is 19.9 Å². The normalized spacial score (nSPS) is 11.0. The van der Waals surface area contributed by atoms with Crippen molar-refractivity contribution in [1.29, 1.82) is 0 Å². The van der Waals surface area contributed by atoms with Gasteiger partial charge in [-0.15, -0.1) is 0 Å². The topological polar surface area (TPSA) is 24.9 Å². The number of halogens is 2. The summed E-state index contributed by atoms with van der Waals surface area (Å²) in [4.78, 5) is 3.83. The molecule has 0 saturated carbocycles. The lowest BCUT2D eigenvalue weighted by Crippen LogP contribution is -2.22. The van der Waals surface area contributed by atoms with Crippen molar-refractivity contribution in [2.75, 3.05) is 0 Å². The van der Waals surface area contributed by atoms with Crippen LogP contribution >= 0.6 is 0 Å². The summed E-state index contributed by atoms with van der Waals surface area (Å²) in [7, 11) is 0. The Bertz CT molecular complexity index is 568. The van der Waals surface area contributed by atoms with Gasteiger partial charge in [-0.05, 0) is 29.3 Å². The number of pyridine rings is 1. The summed E-state index contributed by atoms with van der Waals surface area (Å²) in [6.07, 6.45) is 2.73. The van der Waals surface area contributed by atoms with Crippen molar-refractivity contribution in [3.8, 4) is 11.1 Å². The number of rotatable bonds is 4. The van der Waals surface area contributed by atoms with Crippen molar-refractivity contribution in [3.05, 3.63) is 53.9 Å². The SMILES string of the molecule is CC(C)NCc1cc(F)ccc1-c1cncc(F)c1. The van der Waals surface area contributed by atoms with Crippen LogP contribution in [0.4, 0.5) is 8.78 Å². The molecule has 1 N–H and O–H groups in total. The Morgan fingerprint density at radius 1 is 1.11 bits per heavy atom. The van der Waals surface area contributed by atoms with E-state index in [2.05, 4.69) is 10.3 Å². The number of benzene rings is 1. The molecule has 2 rings (SSSR count). The highest BCUT2D eigenvalue weighted by Crippen LogP contribution is 2.24. The largest absolute Gasteiger partial charge is 0.310 e. The molecule has 2 nitrogen and oxygen atoms in total. The van der Waals surface area contributed by atoms with Crippen molar-refractivity contribution in [3.63, 3.8) is 0 Å². The van der Waals surface area contributed by atoms with Crippen LogP contribution in [-0.4, -0.2) is 11.0 Å². The van der Waals surface area contributed by atoms with Gasteiger partial charge in [0.05, 0.1) is 6.20 Å². The molecule has 0 saturated heterocycles. The molecular formula is C15H16F2N2. The molecule has 0 bridgehead atoms. The van der Waals surface area contributed by atoms with E-state index in [0.717, 1.165) is 17.3 Å². The molecule has 0 aliphatic heterocycles. The molecule has 0 amide bonds. The Kier molecular flexibility index (Phi) is 4.22.